The number of aromatic nitrogens is 3. The maximum absolute atomic E-state index is 11.6. The number of hydrogen-bond donors (Lipinski definition) is 1. The SMILES string of the molecule is CCc1nnc(Oc2ccc(N)cc2C(C)=O)nc1CC. The van der Waals surface area contributed by atoms with Crippen LogP contribution in [0, 0.1) is 0 Å². The summed E-state index contributed by atoms with van der Waals surface area (Å²) in [5.74, 6) is 0.246. The molecule has 0 atom stereocenters. The van der Waals surface area contributed by atoms with Crippen molar-refractivity contribution in [2.75, 3.05) is 5.73 Å². The molecule has 110 valence electrons. The van der Waals surface area contributed by atoms with Gasteiger partial charge in [0.15, 0.2) is 5.78 Å². The van der Waals surface area contributed by atoms with Gasteiger partial charge in [-0.05, 0) is 38.0 Å². The van der Waals surface area contributed by atoms with Gasteiger partial charge in [-0.15, -0.1) is 5.10 Å². The van der Waals surface area contributed by atoms with Crippen molar-refractivity contribution < 1.29 is 9.53 Å². The summed E-state index contributed by atoms with van der Waals surface area (Å²) >= 11 is 0. The van der Waals surface area contributed by atoms with Crippen molar-refractivity contribution in [2.45, 2.75) is 33.6 Å². The predicted molar refractivity (Wildman–Crippen MR) is 79.5 cm³/mol. The standard InChI is InChI=1S/C15H18N4O2/c1-4-12-13(5-2)18-19-15(17-12)21-14-7-6-10(16)8-11(14)9(3)20/h6-8H,4-5,16H2,1-3H3. The normalized spacial score (nSPS) is 10.4. The Hall–Kier alpha value is -2.50. The molecule has 2 rings (SSSR count). The van der Waals surface area contributed by atoms with Crippen LogP contribution in [0.2, 0.25) is 0 Å². The predicted octanol–water partition coefficient (Wildman–Crippen LogP) is 2.57. The van der Waals surface area contributed by atoms with E-state index < -0.39 is 0 Å². The van der Waals surface area contributed by atoms with Crippen molar-refractivity contribution >= 4 is 11.5 Å². The van der Waals surface area contributed by atoms with Crippen molar-refractivity contribution in [3.63, 3.8) is 0 Å². The number of aryl methyl sites for hydroxylation is 2. The molecule has 0 spiro atoms. The van der Waals surface area contributed by atoms with E-state index in [0.717, 1.165) is 24.2 Å². The molecule has 21 heavy (non-hydrogen) atoms. The van der Waals surface area contributed by atoms with Gasteiger partial charge >= 0.3 is 6.01 Å². The first-order valence-electron chi connectivity index (χ1n) is 6.85. The van der Waals surface area contributed by atoms with E-state index in [0.29, 0.717) is 17.0 Å². The van der Waals surface area contributed by atoms with Crippen molar-refractivity contribution in [1.29, 1.82) is 0 Å². The summed E-state index contributed by atoms with van der Waals surface area (Å²) in [6.45, 7) is 5.45. The summed E-state index contributed by atoms with van der Waals surface area (Å²) in [6.07, 6.45) is 1.51. The number of nitrogens with two attached hydrogens (primary N) is 1. The molecule has 0 bridgehead atoms. The van der Waals surface area contributed by atoms with E-state index in [-0.39, 0.29) is 11.8 Å². The third-order valence-electron chi connectivity index (χ3n) is 3.07. The fraction of sp³-hybridized carbons (Fsp3) is 0.333. The van der Waals surface area contributed by atoms with E-state index in [1.54, 1.807) is 18.2 Å². The van der Waals surface area contributed by atoms with Crippen molar-refractivity contribution in [1.82, 2.24) is 15.2 Å². The number of ketones is 1. The van der Waals surface area contributed by atoms with Gasteiger partial charge in [0.05, 0.1) is 17.0 Å². The molecule has 1 heterocycles. The Balaban J connectivity index is 2.36. The maximum atomic E-state index is 11.6. The number of nitrogens with zero attached hydrogens (tertiary/aromatic N) is 3. The number of hydrogen-bond acceptors (Lipinski definition) is 6. The lowest BCUT2D eigenvalue weighted by molar-refractivity contribution is 0.101. The third-order valence-corrected chi connectivity index (χ3v) is 3.07. The van der Waals surface area contributed by atoms with Crippen LogP contribution in [0.3, 0.4) is 0 Å². The Morgan fingerprint density at radius 3 is 2.52 bits per heavy atom. The van der Waals surface area contributed by atoms with Crippen molar-refractivity contribution in [2.24, 2.45) is 0 Å². The summed E-state index contributed by atoms with van der Waals surface area (Å²) in [6, 6.07) is 5.01. The smallest absolute Gasteiger partial charge is 0.341 e. The molecule has 2 N–H and O–H groups in total. The molecule has 0 amide bonds. The van der Waals surface area contributed by atoms with Gasteiger partial charge in [-0.1, -0.05) is 18.9 Å². The van der Waals surface area contributed by atoms with Crippen molar-refractivity contribution in [3.8, 4) is 11.8 Å². The average molecular weight is 286 g/mol. The minimum atomic E-state index is -0.133. The summed E-state index contributed by atoms with van der Waals surface area (Å²) in [7, 11) is 0. The monoisotopic (exact) mass is 286 g/mol. The van der Waals surface area contributed by atoms with Gasteiger partial charge in [0.2, 0.25) is 0 Å². The van der Waals surface area contributed by atoms with Crippen LogP contribution >= 0.6 is 0 Å². The van der Waals surface area contributed by atoms with Gasteiger partial charge in [0.1, 0.15) is 5.75 Å². The fourth-order valence-corrected chi connectivity index (χ4v) is 1.97. The number of rotatable bonds is 5. The highest BCUT2D eigenvalue weighted by atomic mass is 16.5. The summed E-state index contributed by atoms with van der Waals surface area (Å²) in [4.78, 5) is 16.0. The van der Waals surface area contributed by atoms with Crippen LogP contribution in [-0.4, -0.2) is 21.0 Å². The first-order chi connectivity index (χ1) is 10.0. The van der Waals surface area contributed by atoms with Gasteiger partial charge in [0.25, 0.3) is 0 Å². The molecule has 6 heteroatoms. The summed E-state index contributed by atoms with van der Waals surface area (Å²) in [5.41, 5.74) is 8.30. The fourth-order valence-electron chi connectivity index (χ4n) is 1.97. The van der Waals surface area contributed by atoms with E-state index in [1.165, 1.54) is 6.92 Å². The second-order valence-corrected chi connectivity index (χ2v) is 4.61. The molecule has 6 nitrogen and oxygen atoms in total. The molecule has 0 saturated carbocycles. The number of ether oxygens (including phenoxy) is 1. The van der Waals surface area contributed by atoms with E-state index in [9.17, 15) is 4.79 Å². The van der Waals surface area contributed by atoms with Crippen LogP contribution in [0.1, 0.15) is 42.5 Å². The number of anilines is 1. The van der Waals surface area contributed by atoms with Gasteiger partial charge in [0, 0.05) is 5.69 Å². The topological polar surface area (TPSA) is 91.0 Å². The molecule has 0 aliphatic rings. The van der Waals surface area contributed by atoms with Gasteiger partial charge in [-0.25, -0.2) is 0 Å². The molecule has 1 aromatic carbocycles. The van der Waals surface area contributed by atoms with E-state index in [1.807, 2.05) is 13.8 Å². The molecule has 2 aromatic rings. The Morgan fingerprint density at radius 2 is 1.90 bits per heavy atom. The van der Waals surface area contributed by atoms with Crippen LogP contribution in [0.5, 0.6) is 11.8 Å². The summed E-state index contributed by atoms with van der Waals surface area (Å²) < 4.78 is 5.61. The Labute approximate surface area is 123 Å². The number of Topliss-reactive ketones (excluding diaryl/α,β-unsaturated/α-hetero) is 1. The van der Waals surface area contributed by atoms with Crippen LogP contribution in [0.25, 0.3) is 0 Å². The Kier molecular flexibility index (Phi) is 4.47. The molecule has 0 unspecified atom stereocenters. The minimum Gasteiger partial charge on any atom is -0.422 e. The third kappa shape index (κ3) is 3.34. The lowest BCUT2D eigenvalue weighted by Crippen LogP contribution is -2.06. The molecular weight excluding hydrogens is 268 g/mol. The second-order valence-electron chi connectivity index (χ2n) is 4.61. The zero-order chi connectivity index (χ0) is 15.4. The minimum absolute atomic E-state index is 0.133. The molecular formula is C15H18N4O2. The highest BCUT2D eigenvalue weighted by molar-refractivity contribution is 5.97. The van der Waals surface area contributed by atoms with Gasteiger partial charge in [-0.2, -0.15) is 4.98 Å². The number of carbonyl (C=O) groups excluding carboxylic acids is 1. The zero-order valence-corrected chi connectivity index (χ0v) is 12.4. The highest BCUT2D eigenvalue weighted by Crippen LogP contribution is 2.25. The second kappa shape index (κ2) is 6.30. The number of carbonyl (C=O) groups is 1. The van der Waals surface area contributed by atoms with E-state index in [4.69, 9.17) is 10.5 Å². The first kappa shape index (κ1) is 14.9. The molecule has 0 aliphatic carbocycles. The van der Waals surface area contributed by atoms with E-state index in [2.05, 4.69) is 15.2 Å². The summed E-state index contributed by atoms with van der Waals surface area (Å²) in [5, 5.41) is 8.06. The van der Waals surface area contributed by atoms with Crippen LogP contribution in [0.4, 0.5) is 5.69 Å². The zero-order valence-electron chi connectivity index (χ0n) is 12.4. The lowest BCUT2D eigenvalue weighted by Gasteiger charge is -2.10. The Morgan fingerprint density at radius 1 is 1.19 bits per heavy atom. The number of benzene rings is 1. The molecule has 0 aliphatic heterocycles. The van der Waals surface area contributed by atoms with E-state index >= 15 is 0 Å². The molecule has 0 radical (unpaired) electrons. The molecule has 0 fully saturated rings. The van der Waals surface area contributed by atoms with Crippen molar-refractivity contribution in [3.05, 3.63) is 35.2 Å². The first-order valence-corrected chi connectivity index (χ1v) is 6.85. The van der Waals surface area contributed by atoms with Crippen LogP contribution in [0.15, 0.2) is 18.2 Å². The maximum Gasteiger partial charge on any atom is 0.341 e. The quantitative estimate of drug-likeness (QED) is 0.671. The molecule has 1 aromatic heterocycles. The largest absolute Gasteiger partial charge is 0.422 e. The number of nitrogen functional groups attached to an aromatic ring is 1. The molecule has 0 saturated heterocycles. The van der Waals surface area contributed by atoms with Crippen LogP contribution < -0.4 is 10.5 Å². The van der Waals surface area contributed by atoms with Crippen LogP contribution in [-0.2, 0) is 12.8 Å². The van der Waals surface area contributed by atoms with Gasteiger partial charge in [-0.3, -0.25) is 4.79 Å². The highest BCUT2D eigenvalue weighted by Gasteiger charge is 2.13. The van der Waals surface area contributed by atoms with Gasteiger partial charge < -0.3 is 10.5 Å². The Bertz CT molecular complexity index is 671. The lowest BCUT2D eigenvalue weighted by atomic mass is 10.1. The average Bonchev–Trinajstić information content (AvgIpc) is 2.48.